The fraction of sp³-hybridized carbons (Fsp3) is 0.647. The van der Waals surface area contributed by atoms with Crippen molar-refractivity contribution < 1.29 is 0 Å². The molecule has 40 heavy (non-hydrogen) atoms. The Labute approximate surface area is 261 Å². The number of aryl methyl sites for hydroxylation is 6. The molecular weight excluding hydrogens is 559 g/mol. The van der Waals surface area contributed by atoms with Gasteiger partial charge in [-0.15, -0.1) is 0 Å². The van der Waals surface area contributed by atoms with Gasteiger partial charge in [-0.25, -0.2) is 0 Å². The predicted molar refractivity (Wildman–Crippen MR) is 200 cm³/mol. The maximum atomic E-state index is 2.70. The molecular formula is C34H62AlBSi4. The van der Waals surface area contributed by atoms with Crippen molar-refractivity contribution in [2.24, 2.45) is 0 Å². The Morgan fingerprint density at radius 3 is 0.875 bits per heavy atom. The van der Waals surface area contributed by atoms with Gasteiger partial charge in [0.15, 0.2) is 7.28 Å². The molecule has 0 atom stereocenters. The molecule has 0 nitrogen and oxygen atoms in total. The van der Waals surface area contributed by atoms with Gasteiger partial charge in [-0.3, -0.25) is 0 Å². The van der Waals surface area contributed by atoms with Gasteiger partial charge in [0.1, 0.15) is 0 Å². The first-order valence-electron chi connectivity index (χ1n) is 15.7. The number of hydrogen-bond acceptors (Lipinski definition) is 0. The average molecular weight is 621 g/mol. The summed E-state index contributed by atoms with van der Waals surface area (Å²) >= 11 is 0.636. The van der Waals surface area contributed by atoms with Crippen LogP contribution >= 0.6 is 0 Å². The molecule has 2 aromatic rings. The summed E-state index contributed by atoms with van der Waals surface area (Å²) in [6, 6.07) is 9.05. The van der Waals surface area contributed by atoms with Gasteiger partial charge in [0.25, 0.3) is 0 Å². The molecule has 220 valence electrons. The SMILES string of the molecule is C[Si](C)(C)[C]1([Si](C)(C)C)CC[C]([Si](C)(C)C)([Si](C)(C)C)[Al]1.Cc1cc(C)c([B]c2c(C)cc(C)cc2C)c(C)c1. The molecule has 1 aliphatic heterocycles. The van der Waals surface area contributed by atoms with E-state index < -0.39 is 32.3 Å². The first-order chi connectivity index (χ1) is 17.8. The maximum Gasteiger partial charge on any atom is 0.203 e. The highest BCUT2D eigenvalue weighted by Crippen LogP contribution is 2.66. The van der Waals surface area contributed by atoms with E-state index in [2.05, 4.69) is 152 Å². The van der Waals surface area contributed by atoms with E-state index in [0.717, 1.165) is 7.05 Å². The molecule has 0 aliphatic carbocycles. The summed E-state index contributed by atoms with van der Waals surface area (Å²) < 4.78 is 1.70. The molecule has 0 unspecified atom stereocenters. The highest BCUT2D eigenvalue weighted by atomic mass is 28.4. The lowest BCUT2D eigenvalue weighted by molar-refractivity contribution is 0.763. The Hall–Kier alpha value is -0.0951. The van der Waals surface area contributed by atoms with Crippen molar-refractivity contribution in [1.82, 2.24) is 0 Å². The minimum Gasteiger partial charge on any atom is -0.0891 e. The summed E-state index contributed by atoms with van der Waals surface area (Å²) in [6.07, 6.45) is 3.20. The monoisotopic (exact) mass is 620 g/mol. The van der Waals surface area contributed by atoms with Gasteiger partial charge in [0, 0.05) is 32.3 Å². The lowest BCUT2D eigenvalue weighted by Crippen LogP contribution is -2.62. The molecule has 6 heteroatoms. The third-order valence-electron chi connectivity index (χ3n) is 10.5. The van der Waals surface area contributed by atoms with Gasteiger partial charge < -0.3 is 0 Å². The molecule has 0 aromatic heterocycles. The van der Waals surface area contributed by atoms with Crippen molar-refractivity contribution in [2.75, 3.05) is 0 Å². The minimum atomic E-state index is -1.11. The molecule has 0 bridgehead atoms. The topological polar surface area (TPSA) is 0 Å². The van der Waals surface area contributed by atoms with Crippen LogP contribution in [-0.4, -0.2) is 54.8 Å². The van der Waals surface area contributed by atoms with Crippen LogP contribution in [0.2, 0.25) is 85.6 Å². The first kappa shape index (κ1) is 36.1. The van der Waals surface area contributed by atoms with Crippen LogP contribution < -0.4 is 10.9 Å². The molecule has 1 aliphatic rings. The lowest BCUT2D eigenvalue weighted by atomic mass is 9.58. The van der Waals surface area contributed by atoms with Gasteiger partial charge in [0.05, 0.1) is 0 Å². The predicted octanol–water partition coefficient (Wildman–Crippen LogP) is 9.50. The summed E-state index contributed by atoms with van der Waals surface area (Å²) in [5, 5.41) is 0. The molecule has 1 fully saturated rings. The van der Waals surface area contributed by atoms with Gasteiger partial charge >= 0.3 is 0 Å². The Bertz CT molecular complexity index is 1040. The van der Waals surface area contributed by atoms with Crippen LogP contribution in [-0.2, 0) is 0 Å². The summed E-state index contributed by atoms with van der Waals surface area (Å²) in [6.45, 7) is 45.5. The summed E-state index contributed by atoms with van der Waals surface area (Å²) in [5.74, 6) is 0. The normalized spacial score (nSPS) is 17.1. The second-order valence-corrected chi connectivity index (χ2v) is 44.5. The number of benzene rings is 2. The van der Waals surface area contributed by atoms with E-state index in [0.29, 0.717) is 15.2 Å². The molecule has 3 rings (SSSR count). The van der Waals surface area contributed by atoms with E-state index >= 15 is 0 Å². The standard InChI is InChI=1S/C18H22B.C16H40Si4.Al/c1-11-7-13(3)17(14(4)8-11)19-18-15(5)9-12(2)10-16(18)6;1-17(2,3)15(18(4,5)6)13-14-16(19(7,8)9)20(10,11)12;/h7-10H,1-6H3;13-14H2,1-12H3;. The zero-order valence-corrected chi connectivity index (χ0v) is 35.0. The van der Waals surface area contributed by atoms with Crippen LogP contribution in [0.5, 0.6) is 0 Å². The van der Waals surface area contributed by atoms with Crippen molar-refractivity contribution >= 4 is 65.7 Å². The number of hydrogen-bond donors (Lipinski definition) is 0. The largest absolute Gasteiger partial charge is 0.203 e. The van der Waals surface area contributed by atoms with Gasteiger partial charge in [-0.1, -0.05) is 167 Å². The molecule has 0 N–H and O–H groups in total. The van der Waals surface area contributed by atoms with Gasteiger partial charge in [-0.2, -0.15) is 0 Å². The fourth-order valence-corrected chi connectivity index (χ4v) is 43.1. The Morgan fingerprint density at radius 1 is 0.475 bits per heavy atom. The Morgan fingerprint density at radius 2 is 0.700 bits per heavy atom. The summed E-state index contributed by atoms with van der Waals surface area (Å²) in [7, 11) is -2.11. The second kappa shape index (κ2) is 12.1. The van der Waals surface area contributed by atoms with Crippen LogP contribution in [0.15, 0.2) is 24.3 Å². The van der Waals surface area contributed by atoms with E-state index in [9.17, 15) is 0 Å². The van der Waals surface area contributed by atoms with Crippen molar-refractivity contribution in [3.8, 4) is 0 Å². The van der Waals surface area contributed by atoms with Crippen LogP contribution in [0.3, 0.4) is 0 Å². The van der Waals surface area contributed by atoms with Crippen LogP contribution in [0.4, 0.5) is 0 Å². The third-order valence-corrected chi connectivity index (χ3v) is 44.9. The molecule has 2 aromatic carbocycles. The molecule has 1 heterocycles. The van der Waals surface area contributed by atoms with E-state index in [-0.39, 0.29) is 0 Å². The van der Waals surface area contributed by atoms with Gasteiger partial charge in [0.2, 0.25) is 15.2 Å². The molecule has 0 spiro atoms. The zero-order valence-electron chi connectivity index (χ0n) is 29.9. The number of rotatable bonds is 6. The van der Waals surface area contributed by atoms with E-state index in [1.54, 1.807) is 12.8 Å². The molecule has 1 saturated heterocycles. The van der Waals surface area contributed by atoms with Gasteiger partial charge in [-0.05, 0) is 41.5 Å². The Kier molecular flexibility index (Phi) is 10.9. The maximum absolute atomic E-state index is 2.70. The first-order valence-corrected chi connectivity index (χ1v) is 30.8. The molecule has 2 radical (unpaired) electrons. The average Bonchev–Trinajstić information content (AvgIpc) is 3.17. The van der Waals surface area contributed by atoms with Crippen molar-refractivity contribution in [3.63, 3.8) is 0 Å². The quantitative estimate of drug-likeness (QED) is 0.282. The third kappa shape index (κ3) is 7.16. The van der Waals surface area contributed by atoms with Crippen molar-refractivity contribution in [3.05, 3.63) is 57.6 Å². The van der Waals surface area contributed by atoms with Crippen LogP contribution in [0, 0.1) is 41.5 Å². The van der Waals surface area contributed by atoms with E-state index in [4.69, 9.17) is 0 Å². The Balaban J connectivity index is 0.000000281. The molecule has 0 amide bonds. The minimum absolute atomic E-state index is 0.636. The van der Waals surface area contributed by atoms with E-state index in [1.807, 2.05) is 0 Å². The van der Waals surface area contributed by atoms with E-state index in [1.165, 1.54) is 44.3 Å². The van der Waals surface area contributed by atoms with Crippen molar-refractivity contribution in [2.45, 2.75) is 140 Å². The summed E-state index contributed by atoms with van der Waals surface area (Å²) in [5.41, 5.74) is 10.8. The smallest absolute Gasteiger partial charge is 0.0891 e. The highest BCUT2D eigenvalue weighted by Gasteiger charge is 2.66. The lowest BCUT2D eigenvalue weighted by Gasteiger charge is -2.55. The second-order valence-electron chi connectivity index (χ2n) is 17.4. The molecule has 0 saturated carbocycles. The zero-order chi connectivity index (χ0) is 31.3. The summed E-state index contributed by atoms with van der Waals surface area (Å²) in [4.78, 5) is 0. The fourth-order valence-electron chi connectivity index (χ4n) is 8.56. The van der Waals surface area contributed by atoms with Crippen LogP contribution in [0.25, 0.3) is 0 Å². The highest BCUT2D eigenvalue weighted by molar-refractivity contribution is 7.16. The van der Waals surface area contributed by atoms with Crippen LogP contribution in [0.1, 0.15) is 46.2 Å². The van der Waals surface area contributed by atoms with Crippen molar-refractivity contribution in [1.29, 1.82) is 0 Å².